The van der Waals surface area contributed by atoms with Crippen molar-refractivity contribution in [1.29, 1.82) is 0 Å². The summed E-state index contributed by atoms with van der Waals surface area (Å²) < 4.78 is 0. The van der Waals surface area contributed by atoms with Crippen LogP contribution in [0.3, 0.4) is 0 Å². The molecule has 0 spiro atoms. The highest BCUT2D eigenvalue weighted by molar-refractivity contribution is 5.47. The van der Waals surface area contributed by atoms with Crippen LogP contribution in [0.15, 0.2) is 24.3 Å². The Morgan fingerprint density at radius 1 is 1.36 bits per heavy atom. The molecule has 1 rings (SSSR count). The van der Waals surface area contributed by atoms with Crippen molar-refractivity contribution in [3.63, 3.8) is 0 Å². The topological polar surface area (TPSA) is 49.0 Å². The summed E-state index contributed by atoms with van der Waals surface area (Å²) in [5, 5.41) is 13.4. The molecule has 0 fully saturated rings. The summed E-state index contributed by atoms with van der Waals surface area (Å²) in [5.74, 6) is -0.0400. The van der Waals surface area contributed by atoms with Crippen LogP contribution in [0, 0.1) is 0 Å². The van der Waals surface area contributed by atoms with Gasteiger partial charge < -0.3 is 5.32 Å². The molecule has 0 bridgehead atoms. The van der Waals surface area contributed by atoms with Crippen LogP contribution in [0.2, 0.25) is 0 Å². The van der Waals surface area contributed by atoms with E-state index in [1.807, 2.05) is 0 Å². The zero-order valence-electron chi connectivity index (χ0n) is 5.91. The molecule has 0 saturated heterocycles. The molecule has 1 N–H and O–H groups in total. The number of nitrogens with one attached hydrogen (secondary N) is 1. The zero-order chi connectivity index (χ0) is 8.10. The van der Waals surface area contributed by atoms with Crippen molar-refractivity contribution in [2.45, 2.75) is 6.54 Å². The molecule has 3 nitrogen and oxygen atoms in total. The van der Waals surface area contributed by atoms with Crippen molar-refractivity contribution in [2.24, 2.45) is 0 Å². The summed E-state index contributed by atoms with van der Waals surface area (Å²) in [5.41, 5.74) is 0.611. The van der Waals surface area contributed by atoms with Crippen LogP contribution in [0.5, 0.6) is 5.75 Å². The minimum atomic E-state index is -0.0400. The average molecular weight is 150 g/mol. The van der Waals surface area contributed by atoms with Gasteiger partial charge in [-0.25, -0.2) is 0 Å². The normalized spacial score (nSPS) is 9.09. The Labute approximate surface area is 64.7 Å². The number of benzene rings is 1. The first-order valence-electron chi connectivity index (χ1n) is 3.26. The molecule has 1 aromatic carbocycles. The second-order valence-electron chi connectivity index (χ2n) is 2.11. The third kappa shape index (κ3) is 1.97. The number of carbonyl (C=O) groups is 1. The molecule has 0 aliphatic heterocycles. The first-order valence-corrected chi connectivity index (χ1v) is 3.26. The van der Waals surface area contributed by atoms with Crippen LogP contribution < -0.4 is 5.32 Å². The maximum Gasteiger partial charge on any atom is 0.207 e. The van der Waals surface area contributed by atoms with E-state index in [9.17, 15) is 9.90 Å². The molecule has 0 heterocycles. The third-order valence-corrected chi connectivity index (χ3v) is 1.35. The Morgan fingerprint density at radius 2 is 2.09 bits per heavy atom. The summed E-state index contributed by atoms with van der Waals surface area (Å²) in [7, 11) is 0. The second kappa shape index (κ2) is 3.61. The highest BCUT2D eigenvalue weighted by Gasteiger charge is 1.98. The Kier molecular flexibility index (Phi) is 2.49. The monoisotopic (exact) mass is 150 g/mol. The molecule has 1 radical (unpaired) electrons. The van der Waals surface area contributed by atoms with Crippen LogP contribution in [0.25, 0.3) is 0 Å². The fourth-order valence-corrected chi connectivity index (χ4v) is 0.801. The van der Waals surface area contributed by atoms with Gasteiger partial charge in [-0.2, -0.15) is 0 Å². The van der Waals surface area contributed by atoms with E-state index in [-0.39, 0.29) is 5.75 Å². The minimum Gasteiger partial charge on any atom is -0.354 e. The van der Waals surface area contributed by atoms with E-state index in [0.29, 0.717) is 18.5 Å². The Bertz CT molecular complexity index is 248. The van der Waals surface area contributed by atoms with Crippen LogP contribution in [-0.2, 0) is 16.4 Å². The Hall–Kier alpha value is -1.51. The summed E-state index contributed by atoms with van der Waals surface area (Å²) in [6.45, 7) is 0.309. The maximum absolute atomic E-state index is 11.0. The highest BCUT2D eigenvalue weighted by Crippen LogP contribution is 2.15. The van der Waals surface area contributed by atoms with Gasteiger partial charge in [0.25, 0.3) is 0 Å². The average Bonchev–Trinajstić information content (AvgIpc) is 2.03. The minimum absolute atomic E-state index is 0.0400. The fraction of sp³-hybridized carbons (Fsp3) is 0.125. The van der Waals surface area contributed by atoms with E-state index in [1.54, 1.807) is 18.2 Å². The molecule has 1 aromatic rings. The van der Waals surface area contributed by atoms with E-state index in [2.05, 4.69) is 5.32 Å². The van der Waals surface area contributed by atoms with E-state index in [0.717, 1.165) is 0 Å². The van der Waals surface area contributed by atoms with Gasteiger partial charge in [0, 0.05) is 12.1 Å². The summed E-state index contributed by atoms with van der Waals surface area (Å²) in [6, 6.07) is 6.61. The molecular formula is C8H8NO2. The molecule has 3 heteroatoms. The molecule has 0 aliphatic carbocycles. The lowest BCUT2D eigenvalue weighted by Gasteiger charge is -1.98. The van der Waals surface area contributed by atoms with E-state index < -0.39 is 0 Å². The summed E-state index contributed by atoms with van der Waals surface area (Å²) in [4.78, 5) is 9.88. The fourth-order valence-electron chi connectivity index (χ4n) is 0.801. The predicted molar refractivity (Wildman–Crippen MR) is 39.5 cm³/mol. The van der Waals surface area contributed by atoms with Crippen molar-refractivity contribution >= 4 is 6.41 Å². The van der Waals surface area contributed by atoms with Crippen LogP contribution in [0.1, 0.15) is 5.56 Å². The Balaban J connectivity index is 2.69. The van der Waals surface area contributed by atoms with Gasteiger partial charge in [-0.1, -0.05) is 18.2 Å². The molecule has 0 aromatic heterocycles. The van der Waals surface area contributed by atoms with Crippen molar-refractivity contribution < 1.29 is 9.90 Å². The van der Waals surface area contributed by atoms with Gasteiger partial charge in [-0.15, -0.1) is 0 Å². The quantitative estimate of drug-likeness (QED) is 0.644. The molecular weight excluding hydrogens is 142 g/mol. The number of amides is 1. The summed E-state index contributed by atoms with van der Waals surface area (Å²) >= 11 is 0. The first-order chi connectivity index (χ1) is 5.34. The van der Waals surface area contributed by atoms with Gasteiger partial charge in [0.05, 0.1) is 0 Å². The van der Waals surface area contributed by atoms with Gasteiger partial charge in [0.15, 0.2) is 5.75 Å². The van der Waals surface area contributed by atoms with Gasteiger partial charge in [0.2, 0.25) is 6.41 Å². The van der Waals surface area contributed by atoms with Crippen molar-refractivity contribution in [3.8, 4) is 5.75 Å². The number of hydrogen-bond donors (Lipinski definition) is 1. The lowest BCUT2D eigenvalue weighted by molar-refractivity contribution is -0.109. The van der Waals surface area contributed by atoms with Crippen LogP contribution in [-0.4, -0.2) is 6.41 Å². The SMILES string of the molecule is [O]c1ccccc1CNC=O. The first kappa shape index (κ1) is 7.60. The maximum atomic E-state index is 11.0. The van der Waals surface area contributed by atoms with Gasteiger partial charge >= 0.3 is 0 Å². The summed E-state index contributed by atoms with van der Waals surface area (Å²) in [6.07, 6.45) is 0.576. The largest absolute Gasteiger partial charge is 0.354 e. The number of hydrogen-bond acceptors (Lipinski definition) is 1. The second-order valence-corrected chi connectivity index (χ2v) is 2.11. The van der Waals surface area contributed by atoms with Crippen LogP contribution >= 0.6 is 0 Å². The van der Waals surface area contributed by atoms with Gasteiger partial charge in [0.1, 0.15) is 0 Å². The molecule has 57 valence electrons. The number of para-hydroxylation sites is 1. The molecule has 11 heavy (non-hydrogen) atoms. The van der Waals surface area contributed by atoms with Crippen molar-refractivity contribution in [3.05, 3.63) is 29.8 Å². The molecule has 1 amide bonds. The van der Waals surface area contributed by atoms with Crippen molar-refractivity contribution in [2.75, 3.05) is 0 Å². The van der Waals surface area contributed by atoms with Crippen molar-refractivity contribution in [1.82, 2.24) is 5.32 Å². The smallest absolute Gasteiger partial charge is 0.207 e. The molecule has 0 atom stereocenters. The lowest BCUT2D eigenvalue weighted by atomic mass is 10.2. The highest BCUT2D eigenvalue weighted by atomic mass is 16.3. The van der Waals surface area contributed by atoms with Gasteiger partial charge in [-0.05, 0) is 6.07 Å². The van der Waals surface area contributed by atoms with E-state index >= 15 is 0 Å². The standard InChI is InChI=1S/C8H8NO2/c10-6-9-5-7-3-1-2-4-8(7)11/h1-4,6H,5H2,(H,9,10). The van der Waals surface area contributed by atoms with Gasteiger partial charge in [-0.3, -0.25) is 9.90 Å². The third-order valence-electron chi connectivity index (χ3n) is 1.35. The molecule has 0 aliphatic rings. The number of carbonyl (C=O) groups excluding carboxylic acids is 1. The van der Waals surface area contributed by atoms with E-state index in [4.69, 9.17) is 0 Å². The Morgan fingerprint density at radius 3 is 2.73 bits per heavy atom. The molecule has 0 saturated carbocycles. The van der Waals surface area contributed by atoms with Crippen LogP contribution in [0.4, 0.5) is 0 Å². The lowest BCUT2D eigenvalue weighted by Crippen LogP contribution is -2.09. The van der Waals surface area contributed by atoms with E-state index in [1.165, 1.54) is 6.07 Å². The predicted octanol–water partition coefficient (Wildman–Crippen LogP) is 1.08. The zero-order valence-corrected chi connectivity index (χ0v) is 5.91. The number of rotatable bonds is 3. The molecule has 0 unspecified atom stereocenters.